The van der Waals surface area contributed by atoms with Gasteiger partial charge in [-0.25, -0.2) is 5.90 Å². The second-order valence-electron chi connectivity index (χ2n) is 1.80. The summed E-state index contributed by atoms with van der Waals surface area (Å²) < 4.78 is 1.36. The lowest BCUT2D eigenvalue weighted by Gasteiger charge is -1.99. The topological polar surface area (TPSA) is 57.2 Å². The zero-order valence-electron chi connectivity index (χ0n) is 5.36. The van der Waals surface area contributed by atoms with E-state index in [1.807, 2.05) is 0 Å². The summed E-state index contributed by atoms with van der Waals surface area (Å²) in [5, 5.41) is 0. The summed E-state index contributed by atoms with van der Waals surface area (Å²) in [5.74, 6) is 4.77. The Morgan fingerprint density at radius 1 is 1.60 bits per heavy atom. The Kier molecular flexibility index (Phi) is 2.20. The van der Waals surface area contributed by atoms with Crippen molar-refractivity contribution in [1.82, 2.24) is 4.57 Å². The summed E-state index contributed by atoms with van der Waals surface area (Å²) in [6, 6.07) is 4.84. The number of hydrogen-bond acceptors (Lipinski definition) is 3. The average Bonchev–Trinajstić information content (AvgIpc) is 1.94. The highest BCUT2D eigenvalue weighted by atomic mass is 16.6. The molecule has 0 fully saturated rings. The number of rotatable bonds is 2. The van der Waals surface area contributed by atoms with E-state index >= 15 is 0 Å². The van der Waals surface area contributed by atoms with Gasteiger partial charge in [0.05, 0.1) is 0 Å². The van der Waals surface area contributed by atoms with Gasteiger partial charge in [0.15, 0.2) is 0 Å². The van der Waals surface area contributed by atoms with E-state index in [4.69, 9.17) is 5.90 Å². The molecule has 0 aliphatic rings. The SMILES string of the molecule is NOCn1ccccc1=O. The van der Waals surface area contributed by atoms with Crippen molar-refractivity contribution in [1.29, 1.82) is 0 Å². The molecule has 10 heavy (non-hydrogen) atoms. The van der Waals surface area contributed by atoms with E-state index in [-0.39, 0.29) is 12.3 Å². The molecule has 0 aliphatic heterocycles. The first-order valence-electron chi connectivity index (χ1n) is 2.82. The maximum atomic E-state index is 10.8. The average molecular weight is 140 g/mol. The van der Waals surface area contributed by atoms with Crippen LogP contribution in [-0.4, -0.2) is 4.57 Å². The molecule has 1 aromatic rings. The van der Waals surface area contributed by atoms with Crippen molar-refractivity contribution in [2.45, 2.75) is 6.73 Å². The van der Waals surface area contributed by atoms with E-state index in [0.717, 1.165) is 0 Å². The van der Waals surface area contributed by atoms with Gasteiger partial charge in [0.25, 0.3) is 5.56 Å². The van der Waals surface area contributed by atoms with Crippen LogP contribution in [0.1, 0.15) is 0 Å². The Labute approximate surface area is 57.8 Å². The van der Waals surface area contributed by atoms with Crippen molar-refractivity contribution in [3.8, 4) is 0 Å². The third kappa shape index (κ3) is 1.43. The highest BCUT2D eigenvalue weighted by Gasteiger charge is 1.88. The first kappa shape index (κ1) is 6.98. The molecule has 0 aliphatic carbocycles. The van der Waals surface area contributed by atoms with Gasteiger partial charge in [-0.3, -0.25) is 14.2 Å². The normalized spacial score (nSPS) is 9.70. The number of nitrogens with zero attached hydrogens (tertiary/aromatic N) is 1. The fourth-order valence-corrected chi connectivity index (χ4v) is 0.648. The molecule has 4 nitrogen and oxygen atoms in total. The van der Waals surface area contributed by atoms with Crippen molar-refractivity contribution in [3.63, 3.8) is 0 Å². The maximum Gasteiger partial charge on any atom is 0.252 e. The van der Waals surface area contributed by atoms with E-state index in [9.17, 15) is 4.79 Å². The lowest BCUT2D eigenvalue weighted by molar-refractivity contribution is 0.0757. The Hall–Kier alpha value is -1.13. The third-order valence-electron chi connectivity index (χ3n) is 1.11. The van der Waals surface area contributed by atoms with Gasteiger partial charge < -0.3 is 0 Å². The van der Waals surface area contributed by atoms with Crippen LogP contribution >= 0.6 is 0 Å². The smallest absolute Gasteiger partial charge is 0.252 e. The molecule has 0 saturated heterocycles. The zero-order valence-corrected chi connectivity index (χ0v) is 5.36. The van der Waals surface area contributed by atoms with Gasteiger partial charge in [-0.1, -0.05) is 6.07 Å². The summed E-state index contributed by atoms with van der Waals surface area (Å²) >= 11 is 0. The number of pyridine rings is 1. The zero-order chi connectivity index (χ0) is 7.40. The minimum Gasteiger partial charge on any atom is -0.290 e. The molecular weight excluding hydrogens is 132 g/mol. The first-order valence-corrected chi connectivity index (χ1v) is 2.82. The van der Waals surface area contributed by atoms with Gasteiger partial charge in [0, 0.05) is 12.3 Å². The maximum absolute atomic E-state index is 10.8. The monoisotopic (exact) mass is 140 g/mol. The minimum atomic E-state index is -0.118. The first-order chi connectivity index (χ1) is 4.84. The van der Waals surface area contributed by atoms with Crippen molar-refractivity contribution in [2.75, 3.05) is 0 Å². The van der Waals surface area contributed by atoms with E-state index in [1.165, 1.54) is 10.6 Å². The predicted molar refractivity (Wildman–Crippen MR) is 36.0 cm³/mol. The van der Waals surface area contributed by atoms with Crippen LogP contribution < -0.4 is 11.5 Å². The molecule has 0 bridgehead atoms. The van der Waals surface area contributed by atoms with Crippen molar-refractivity contribution in [3.05, 3.63) is 34.7 Å². The molecule has 1 aromatic heterocycles. The highest BCUT2D eigenvalue weighted by Crippen LogP contribution is 1.79. The molecule has 0 spiro atoms. The quantitative estimate of drug-likeness (QED) is 0.573. The fraction of sp³-hybridized carbons (Fsp3) is 0.167. The lowest BCUT2D eigenvalue weighted by Crippen LogP contribution is -2.20. The summed E-state index contributed by atoms with van der Waals surface area (Å²) in [4.78, 5) is 15.1. The van der Waals surface area contributed by atoms with E-state index in [2.05, 4.69) is 4.84 Å². The molecule has 4 heteroatoms. The third-order valence-corrected chi connectivity index (χ3v) is 1.11. The number of aromatic nitrogens is 1. The summed E-state index contributed by atoms with van der Waals surface area (Å²) in [5.41, 5.74) is -0.118. The second-order valence-corrected chi connectivity index (χ2v) is 1.80. The molecule has 0 unspecified atom stereocenters. The minimum absolute atomic E-state index is 0.0969. The molecule has 54 valence electrons. The van der Waals surface area contributed by atoms with Crippen LogP contribution in [0.2, 0.25) is 0 Å². The Balaban J connectivity index is 2.92. The molecule has 1 rings (SSSR count). The molecule has 1 heterocycles. The number of hydrogen-bond donors (Lipinski definition) is 1. The summed E-state index contributed by atoms with van der Waals surface area (Å²) in [6.45, 7) is 0.0969. The molecule has 0 saturated carbocycles. The molecule has 0 atom stereocenters. The van der Waals surface area contributed by atoms with Gasteiger partial charge in [0.2, 0.25) is 0 Å². The van der Waals surface area contributed by atoms with Crippen LogP contribution in [0, 0.1) is 0 Å². The fourth-order valence-electron chi connectivity index (χ4n) is 0.648. The van der Waals surface area contributed by atoms with Crippen molar-refractivity contribution in [2.24, 2.45) is 5.90 Å². The van der Waals surface area contributed by atoms with Crippen molar-refractivity contribution < 1.29 is 4.84 Å². The Morgan fingerprint density at radius 2 is 2.40 bits per heavy atom. The standard InChI is InChI=1S/C6H8N2O2/c7-10-5-8-4-2-1-3-6(8)9/h1-4H,5,7H2. The number of nitrogens with two attached hydrogens (primary N) is 1. The Bertz CT molecular complexity index is 256. The van der Waals surface area contributed by atoms with Gasteiger partial charge in [-0.15, -0.1) is 0 Å². The Morgan fingerprint density at radius 3 is 3.00 bits per heavy atom. The highest BCUT2D eigenvalue weighted by molar-refractivity contribution is 4.92. The van der Waals surface area contributed by atoms with Crippen LogP contribution in [0.25, 0.3) is 0 Å². The van der Waals surface area contributed by atoms with Crippen LogP contribution in [0.5, 0.6) is 0 Å². The van der Waals surface area contributed by atoms with Crippen LogP contribution in [-0.2, 0) is 11.6 Å². The largest absolute Gasteiger partial charge is 0.290 e. The molecule has 0 radical (unpaired) electrons. The molecule has 0 aromatic carbocycles. The van der Waals surface area contributed by atoms with Gasteiger partial charge >= 0.3 is 0 Å². The van der Waals surface area contributed by atoms with Crippen LogP contribution in [0.15, 0.2) is 29.2 Å². The lowest BCUT2D eigenvalue weighted by atomic mass is 10.5. The predicted octanol–water partition coefficient (Wildman–Crippen LogP) is -0.304. The van der Waals surface area contributed by atoms with Crippen LogP contribution in [0.3, 0.4) is 0 Å². The summed E-state index contributed by atoms with van der Waals surface area (Å²) in [7, 11) is 0. The second kappa shape index (κ2) is 3.14. The van der Waals surface area contributed by atoms with E-state index in [0.29, 0.717) is 0 Å². The van der Waals surface area contributed by atoms with Gasteiger partial charge in [-0.2, -0.15) is 0 Å². The van der Waals surface area contributed by atoms with Gasteiger partial charge in [-0.05, 0) is 6.07 Å². The van der Waals surface area contributed by atoms with Crippen LogP contribution in [0.4, 0.5) is 0 Å². The van der Waals surface area contributed by atoms with Crippen molar-refractivity contribution >= 4 is 0 Å². The van der Waals surface area contributed by atoms with E-state index < -0.39 is 0 Å². The molecular formula is C6H8N2O2. The molecule has 0 amide bonds. The van der Waals surface area contributed by atoms with E-state index in [1.54, 1.807) is 18.3 Å². The summed E-state index contributed by atoms with van der Waals surface area (Å²) in [6.07, 6.45) is 1.61. The van der Waals surface area contributed by atoms with Gasteiger partial charge in [0.1, 0.15) is 6.73 Å². The molecule has 2 N–H and O–H groups in total.